The van der Waals surface area contributed by atoms with Gasteiger partial charge in [0.25, 0.3) is 5.91 Å². The Bertz CT molecular complexity index is 1050. The highest BCUT2D eigenvalue weighted by Gasteiger charge is 2.40. The van der Waals surface area contributed by atoms with Crippen LogP contribution in [0.25, 0.3) is 11.0 Å². The molecule has 0 saturated carbocycles. The van der Waals surface area contributed by atoms with Gasteiger partial charge in [-0.15, -0.1) is 0 Å². The van der Waals surface area contributed by atoms with E-state index in [9.17, 15) is 9.90 Å². The number of hydrogen-bond donors (Lipinski definition) is 5. The molecule has 29 heavy (non-hydrogen) atoms. The van der Waals surface area contributed by atoms with Crippen molar-refractivity contribution < 1.29 is 15.0 Å². The van der Waals surface area contributed by atoms with Crippen molar-refractivity contribution in [2.45, 2.75) is 32.4 Å². The van der Waals surface area contributed by atoms with Gasteiger partial charge in [-0.3, -0.25) is 4.79 Å². The molecule has 1 aliphatic rings. The molecule has 0 aliphatic carbocycles. The Hall–Kier alpha value is -2.32. The van der Waals surface area contributed by atoms with Crippen molar-refractivity contribution >= 4 is 51.8 Å². The maximum absolute atomic E-state index is 12.5. The number of benzene rings is 2. The average Bonchev–Trinajstić information content (AvgIpc) is 3.06. The second kappa shape index (κ2) is 8.20. The number of H-pyrrole nitrogens is 1. The fourth-order valence-corrected chi connectivity index (χ4v) is 3.65. The summed E-state index contributed by atoms with van der Waals surface area (Å²) >= 11 is 12.4. The summed E-state index contributed by atoms with van der Waals surface area (Å²) in [5.74, 6) is 0.0615. The Labute approximate surface area is 178 Å². The molecule has 3 aromatic rings. The minimum Gasteiger partial charge on any atom is -0.397 e. The second-order valence-electron chi connectivity index (χ2n) is 7.11. The van der Waals surface area contributed by atoms with Gasteiger partial charge < -0.3 is 25.8 Å². The highest BCUT2D eigenvalue weighted by Crippen LogP contribution is 2.37. The van der Waals surface area contributed by atoms with Crippen LogP contribution in [0.2, 0.25) is 10.0 Å². The number of aromatic amines is 1. The normalized spacial score (nSPS) is 17.2. The van der Waals surface area contributed by atoms with Gasteiger partial charge in [0.2, 0.25) is 5.95 Å². The van der Waals surface area contributed by atoms with Crippen LogP contribution in [0.1, 0.15) is 36.7 Å². The highest BCUT2D eigenvalue weighted by atomic mass is 35.5. The molecule has 2 heterocycles. The number of aromatic nitrogens is 2. The van der Waals surface area contributed by atoms with Crippen LogP contribution in [-0.4, -0.2) is 38.9 Å². The summed E-state index contributed by atoms with van der Waals surface area (Å²) in [5, 5.41) is 24.3. The van der Waals surface area contributed by atoms with Crippen molar-refractivity contribution in [2.24, 2.45) is 0 Å². The molecular formula is C20H22Cl2N4O3. The number of imidazole rings is 1. The smallest absolute Gasteiger partial charge is 0.255 e. The molecule has 0 fully saturated rings. The van der Waals surface area contributed by atoms with Gasteiger partial charge >= 0.3 is 0 Å². The molecule has 0 saturated heterocycles. The first-order chi connectivity index (χ1) is 13.7. The van der Waals surface area contributed by atoms with Gasteiger partial charge in [0.05, 0.1) is 26.8 Å². The number of para-hydroxylation sites is 1. The lowest BCUT2D eigenvalue weighted by molar-refractivity contribution is 0.0463. The van der Waals surface area contributed by atoms with E-state index in [1.807, 2.05) is 26.0 Å². The Morgan fingerprint density at radius 3 is 2.45 bits per heavy atom. The maximum atomic E-state index is 12.5. The number of nitrogens with one attached hydrogen (secondary N) is 3. The molecule has 9 heteroatoms. The van der Waals surface area contributed by atoms with Crippen molar-refractivity contribution in [2.75, 3.05) is 11.9 Å². The van der Waals surface area contributed by atoms with Gasteiger partial charge in [-0.05, 0) is 30.7 Å². The van der Waals surface area contributed by atoms with Gasteiger partial charge in [-0.2, -0.15) is 0 Å². The number of amides is 1. The summed E-state index contributed by atoms with van der Waals surface area (Å²) in [6, 6.07) is 8.87. The lowest BCUT2D eigenvalue weighted by Gasteiger charge is -2.37. The maximum Gasteiger partial charge on any atom is 0.255 e. The molecule has 4 rings (SSSR count). The molecule has 5 N–H and O–H groups in total. The Morgan fingerprint density at radius 1 is 1.21 bits per heavy atom. The number of aliphatic hydroxyl groups is 2. The molecule has 154 valence electrons. The molecule has 0 radical (unpaired) electrons. The van der Waals surface area contributed by atoms with Crippen molar-refractivity contribution in [1.82, 2.24) is 15.3 Å². The topological polar surface area (TPSA) is 110 Å². The minimum atomic E-state index is -0.960. The van der Waals surface area contributed by atoms with Crippen molar-refractivity contribution in [3.8, 4) is 0 Å². The van der Waals surface area contributed by atoms with Crippen LogP contribution in [0.5, 0.6) is 0 Å². The third kappa shape index (κ3) is 3.91. The quantitative estimate of drug-likeness (QED) is 0.417. The average molecular weight is 437 g/mol. The molecule has 1 unspecified atom stereocenters. The number of rotatable bonds is 2. The Morgan fingerprint density at radius 2 is 1.83 bits per heavy atom. The standard InChI is InChI=1S/C18H16Cl2N4O2.C2H6O/c1-18(2)8-6-7-11-14(12(8)15(25)24-16(18)26)23-17(21-11)22-13-9(19)4-3-5-10(13)20;1-2-3/h3-7,16,26H,1-2H3,(H,24,25)(H2,21,22,23);3H,2H2,1H3. The fraction of sp³-hybridized carbons (Fsp3) is 0.300. The van der Waals surface area contributed by atoms with E-state index >= 15 is 0 Å². The molecular weight excluding hydrogens is 415 g/mol. The highest BCUT2D eigenvalue weighted by molar-refractivity contribution is 6.39. The number of fused-ring (bicyclic) bond motifs is 3. The van der Waals surface area contributed by atoms with Gasteiger partial charge in [0.15, 0.2) is 0 Å². The predicted molar refractivity (Wildman–Crippen MR) is 115 cm³/mol. The van der Waals surface area contributed by atoms with E-state index < -0.39 is 11.6 Å². The first-order valence-corrected chi connectivity index (χ1v) is 9.80. The van der Waals surface area contributed by atoms with Gasteiger partial charge in [0, 0.05) is 12.0 Å². The molecule has 1 aromatic heterocycles. The summed E-state index contributed by atoms with van der Waals surface area (Å²) in [4.78, 5) is 20.1. The molecule has 1 amide bonds. The number of hydrogen-bond acceptors (Lipinski definition) is 5. The van der Waals surface area contributed by atoms with Crippen LogP contribution >= 0.6 is 23.2 Å². The van der Waals surface area contributed by atoms with Gasteiger partial charge in [0.1, 0.15) is 11.7 Å². The third-order valence-corrected chi connectivity index (χ3v) is 5.36. The summed E-state index contributed by atoms with van der Waals surface area (Å²) in [6.07, 6.45) is -0.960. The number of anilines is 2. The fourth-order valence-electron chi connectivity index (χ4n) is 3.16. The van der Waals surface area contributed by atoms with E-state index in [1.165, 1.54) is 0 Å². The zero-order valence-electron chi connectivity index (χ0n) is 16.2. The molecule has 1 aliphatic heterocycles. The van der Waals surface area contributed by atoms with E-state index in [2.05, 4.69) is 20.6 Å². The zero-order valence-corrected chi connectivity index (χ0v) is 17.7. The van der Waals surface area contributed by atoms with E-state index in [0.29, 0.717) is 38.3 Å². The monoisotopic (exact) mass is 436 g/mol. The molecule has 0 bridgehead atoms. The second-order valence-corrected chi connectivity index (χ2v) is 7.92. The summed E-state index contributed by atoms with van der Waals surface area (Å²) in [6.45, 7) is 5.67. The van der Waals surface area contributed by atoms with Crippen LogP contribution in [0.4, 0.5) is 11.6 Å². The number of halogens is 2. The molecule has 7 nitrogen and oxygen atoms in total. The summed E-state index contributed by atoms with van der Waals surface area (Å²) < 4.78 is 0. The van der Waals surface area contributed by atoms with Crippen LogP contribution in [-0.2, 0) is 5.41 Å². The molecule has 2 aromatic carbocycles. The van der Waals surface area contributed by atoms with Gasteiger partial charge in [-0.25, -0.2) is 4.98 Å². The summed E-state index contributed by atoms with van der Waals surface area (Å²) in [5.41, 5.74) is 2.31. The first kappa shape index (κ1) is 21.4. The van der Waals surface area contributed by atoms with Crippen molar-refractivity contribution in [3.63, 3.8) is 0 Å². The lowest BCUT2D eigenvalue weighted by atomic mass is 9.77. The van der Waals surface area contributed by atoms with Crippen LogP contribution in [0, 0.1) is 0 Å². The van der Waals surface area contributed by atoms with Gasteiger partial charge in [-0.1, -0.05) is 49.2 Å². The number of aliphatic hydroxyl groups excluding tert-OH is 2. The first-order valence-electron chi connectivity index (χ1n) is 9.04. The number of carbonyl (C=O) groups is 1. The van der Waals surface area contributed by atoms with E-state index in [1.54, 1.807) is 25.1 Å². The van der Waals surface area contributed by atoms with Crippen LogP contribution in [0.3, 0.4) is 0 Å². The lowest BCUT2D eigenvalue weighted by Crippen LogP contribution is -2.52. The number of nitrogens with zero attached hydrogens (tertiary/aromatic N) is 1. The van der Waals surface area contributed by atoms with E-state index in [-0.39, 0.29) is 12.5 Å². The third-order valence-electron chi connectivity index (χ3n) is 4.73. The van der Waals surface area contributed by atoms with E-state index in [0.717, 1.165) is 5.56 Å². The van der Waals surface area contributed by atoms with Crippen LogP contribution in [0.15, 0.2) is 30.3 Å². The molecule has 1 atom stereocenters. The largest absolute Gasteiger partial charge is 0.397 e. The zero-order chi connectivity index (χ0) is 21.3. The van der Waals surface area contributed by atoms with E-state index in [4.69, 9.17) is 28.3 Å². The Balaban J connectivity index is 0.000000755. The van der Waals surface area contributed by atoms with Crippen molar-refractivity contribution in [1.29, 1.82) is 0 Å². The number of carbonyl (C=O) groups excluding carboxylic acids is 1. The SMILES string of the molecule is CC1(C)c2ccc3[nH]c(Nc4c(Cl)cccc4Cl)nc3c2C(=O)NC1O.CCO. The van der Waals surface area contributed by atoms with Crippen LogP contribution < -0.4 is 10.6 Å². The minimum absolute atomic E-state index is 0.250. The molecule has 0 spiro atoms. The predicted octanol–water partition coefficient (Wildman–Crippen LogP) is 3.95. The summed E-state index contributed by atoms with van der Waals surface area (Å²) in [7, 11) is 0. The Kier molecular flexibility index (Phi) is 6.05. The van der Waals surface area contributed by atoms with Crippen molar-refractivity contribution in [3.05, 3.63) is 51.5 Å².